The Kier molecular flexibility index (Phi) is 1.74. The molecule has 2 heterocycles. The summed E-state index contributed by atoms with van der Waals surface area (Å²) in [6.45, 7) is 0.692. The van der Waals surface area contributed by atoms with Crippen LogP contribution in [0.3, 0.4) is 0 Å². The van der Waals surface area contributed by atoms with Crippen LogP contribution >= 0.6 is 0 Å². The number of pyridine rings is 1. The van der Waals surface area contributed by atoms with Crippen LogP contribution < -0.4 is 5.46 Å². The smallest absolute Gasteiger partial charge is 0.399 e. The molecule has 2 rings (SSSR count). The van der Waals surface area contributed by atoms with Crippen LogP contribution in [0.25, 0.3) is 0 Å². The van der Waals surface area contributed by atoms with Crippen molar-refractivity contribution in [3.05, 3.63) is 24.0 Å². The van der Waals surface area contributed by atoms with Crippen LogP contribution in [0.1, 0.15) is 71.6 Å². The first kappa shape index (κ1) is 6.73. The average Bonchev–Trinajstić information content (AvgIpc) is 2.72. The molecule has 104 valence electrons. The lowest BCUT2D eigenvalue weighted by atomic mass is 9.79. The molecule has 1 aromatic heterocycles. The molecular weight excluding hydrogens is 237 g/mol. The molecule has 0 amide bonds. The third-order valence-electron chi connectivity index (χ3n) is 3.70. The topological polar surface area (TPSA) is 31.4 Å². The van der Waals surface area contributed by atoms with Gasteiger partial charge >= 0.3 is 7.12 Å². The molecule has 0 N–H and O–H groups in total. The zero-order valence-corrected chi connectivity index (χ0v) is 11.6. The minimum atomic E-state index is -3.37. The summed E-state index contributed by atoms with van der Waals surface area (Å²) in [6.07, 6.45) is -1.02. The number of nitrogens with zero attached hydrogens (tertiary/aromatic N) is 1. The highest BCUT2D eigenvalue weighted by atomic mass is 16.7. The van der Waals surface area contributed by atoms with Gasteiger partial charge in [-0.2, -0.15) is 0 Å². The molecule has 0 bridgehead atoms. The summed E-state index contributed by atoms with van der Waals surface area (Å²) < 4.78 is 81.8. The van der Waals surface area contributed by atoms with Crippen LogP contribution in [0.5, 0.6) is 0 Å². The summed E-state index contributed by atoms with van der Waals surface area (Å²) in [5.74, 6) is -3.09. The summed E-state index contributed by atoms with van der Waals surface area (Å²) in [7, 11) is -0.920. The summed E-state index contributed by atoms with van der Waals surface area (Å²) in [6, 6.07) is 1.22. The van der Waals surface area contributed by atoms with E-state index in [-0.39, 0.29) is 11.0 Å². The maximum Gasteiger partial charge on any atom is 0.496 e. The first-order valence-corrected chi connectivity index (χ1v) is 6.09. The molecule has 3 nitrogen and oxygen atoms in total. The van der Waals surface area contributed by atoms with Crippen molar-refractivity contribution in [2.24, 2.45) is 0 Å². The lowest BCUT2D eigenvalue weighted by molar-refractivity contribution is 0.00578. The molecule has 19 heavy (non-hydrogen) atoms. The van der Waals surface area contributed by atoms with Gasteiger partial charge in [0.2, 0.25) is 0 Å². The van der Waals surface area contributed by atoms with Gasteiger partial charge in [-0.15, -0.1) is 0 Å². The molecule has 1 unspecified atom stereocenters. The fourth-order valence-electron chi connectivity index (χ4n) is 1.77. The van der Waals surface area contributed by atoms with E-state index in [2.05, 4.69) is 4.98 Å². The number of rotatable bonds is 3. The number of hydrogen-bond donors (Lipinski definition) is 0. The Balaban J connectivity index is 2.59. The van der Waals surface area contributed by atoms with E-state index in [1.165, 1.54) is 12.3 Å². The van der Waals surface area contributed by atoms with E-state index in [1.54, 1.807) is 0 Å². The fourth-order valence-corrected chi connectivity index (χ4v) is 1.77. The van der Waals surface area contributed by atoms with Crippen LogP contribution in [0, 0.1) is 0 Å². The van der Waals surface area contributed by atoms with Gasteiger partial charge in [0.1, 0.15) is 0 Å². The molecule has 1 fully saturated rings. The van der Waals surface area contributed by atoms with Gasteiger partial charge in [-0.25, -0.2) is 0 Å². The van der Waals surface area contributed by atoms with Crippen LogP contribution in [-0.4, -0.2) is 23.3 Å². The van der Waals surface area contributed by atoms with E-state index in [0.717, 1.165) is 6.20 Å². The lowest BCUT2D eigenvalue weighted by Gasteiger charge is -2.32. The van der Waals surface area contributed by atoms with E-state index in [9.17, 15) is 0 Å². The maximum atomic E-state index is 8.48. The van der Waals surface area contributed by atoms with E-state index in [4.69, 9.17) is 21.6 Å². The van der Waals surface area contributed by atoms with E-state index < -0.39 is 44.3 Å². The van der Waals surface area contributed by atoms with Crippen molar-refractivity contribution < 1.29 is 21.6 Å². The van der Waals surface area contributed by atoms with Crippen molar-refractivity contribution in [2.45, 2.75) is 64.9 Å². The number of aromatic nitrogens is 1. The van der Waals surface area contributed by atoms with Crippen LogP contribution in [0.4, 0.5) is 0 Å². The van der Waals surface area contributed by atoms with E-state index in [0.29, 0.717) is 0 Å². The molecule has 0 spiro atoms. The van der Waals surface area contributed by atoms with Gasteiger partial charge in [-0.05, 0) is 45.5 Å². The highest BCUT2D eigenvalue weighted by Crippen LogP contribution is 2.36. The SMILES string of the molecule is [2H]C([2H])([2H])C([2H])([2H])C([2H])(c1cncc(B2OC(C)(C)C(C)(C)O2)c1)C([2H])([2H])[2H]. The molecule has 0 saturated carbocycles. The first-order valence-electron chi connectivity index (χ1n) is 10.6. The minimum Gasteiger partial charge on any atom is -0.399 e. The summed E-state index contributed by atoms with van der Waals surface area (Å²) in [5.41, 5.74) is -1.47. The van der Waals surface area contributed by atoms with Crippen LogP contribution in [0.2, 0.25) is 0 Å². The normalized spacial score (nSPS) is 33.3. The van der Waals surface area contributed by atoms with E-state index >= 15 is 0 Å². The van der Waals surface area contributed by atoms with Crippen LogP contribution in [-0.2, 0) is 9.31 Å². The fraction of sp³-hybridized carbons (Fsp3) is 0.667. The Labute approximate surface area is 129 Å². The van der Waals surface area contributed by atoms with Crippen molar-refractivity contribution in [1.82, 2.24) is 4.98 Å². The molecule has 0 radical (unpaired) electrons. The maximum absolute atomic E-state index is 8.48. The lowest BCUT2D eigenvalue weighted by Crippen LogP contribution is -2.41. The second-order valence-electron chi connectivity index (χ2n) is 5.60. The second kappa shape index (κ2) is 4.91. The highest BCUT2D eigenvalue weighted by Gasteiger charge is 2.51. The van der Waals surface area contributed by atoms with E-state index in [1.807, 2.05) is 27.7 Å². The van der Waals surface area contributed by atoms with Gasteiger partial charge in [-0.3, -0.25) is 4.98 Å². The Morgan fingerprint density at radius 2 is 2.05 bits per heavy atom. The van der Waals surface area contributed by atoms with Crippen molar-refractivity contribution in [1.29, 1.82) is 0 Å². The first-order chi connectivity index (χ1) is 12.3. The predicted octanol–water partition coefficient (Wildman–Crippen LogP) is 2.89. The van der Waals surface area contributed by atoms with Gasteiger partial charge in [0.25, 0.3) is 0 Å². The molecule has 1 aliphatic heterocycles. The standard InChI is InChI=1S/C15H24BNO2/c1-7-11(2)12-8-13(10-17-9-12)16-18-14(3,4)15(5,6)19-16/h8-11H,7H2,1-6H3/i1D3,2D3,7D2,11D. The largest absolute Gasteiger partial charge is 0.496 e. The van der Waals surface area contributed by atoms with Gasteiger partial charge in [-0.1, -0.05) is 19.8 Å². The van der Waals surface area contributed by atoms with Gasteiger partial charge in [0, 0.05) is 30.2 Å². The number of hydrogen-bond acceptors (Lipinski definition) is 3. The molecule has 4 heteroatoms. The Bertz CT molecular complexity index is 732. The molecule has 1 aromatic rings. The average molecular weight is 270 g/mol. The second-order valence-corrected chi connectivity index (χ2v) is 5.60. The van der Waals surface area contributed by atoms with Crippen molar-refractivity contribution in [3.63, 3.8) is 0 Å². The zero-order chi connectivity index (χ0) is 22.0. The highest BCUT2D eigenvalue weighted by molar-refractivity contribution is 6.62. The van der Waals surface area contributed by atoms with Crippen molar-refractivity contribution in [2.75, 3.05) is 0 Å². The molecular formula is C15H24BNO2. The third-order valence-corrected chi connectivity index (χ3v) is 3.70. The molecule has 1 saturated heterocycles. The van der Waals surface area contributed by atoms with Gasteiger partial charge in [0.05, 0.1) is 11.2 Å². The predicted molar refractivity (Wildman–Crippen MR) is 78.7 cm³/mol. The van der Waals surface area contributed by atoms with Crippen LogP contribution in [0.15, 0.2) is 18.5 Å². The summed E-state index contributed by atoms with van der Waals surface area (Å²) in [4.78, 5) is 3.92. The molecule has 1 aliphatic rings. The van der Waals surface area contributed by atoms with Gasteiger partial charge in [0.15, 0.2) is 0 Å². The zero-order valence-electron chi connectivity index (χ0n) is 20.6. The monoisotopic (exact) mass is 270 g/mol. The van der Waals surface area contributed by atoms with Gasteiger partial charge < -0.3 is 9.31 Å². The summed E-state index contributed by atoms with van der Waals surface area (Å²) >= 11 is 0. The molecule has 0 aliphatic carbocycles. The quantitative estimate of drug-likeness (QED) is 0.791. The Hall–Kier alpha value is -0.865. The van der Waals surface area contributed by atoms with Crippen molar-refractivity contribution >= 4 is 12.6 Å². The third kappa shape index (κ3) is 2.70. The minimum absolute atomic E-state index is 0.276. The van der Waals surface area contributed by atoms with Crippen molar-refractivity contribution in [3.8, 4) is 0 Å². The Morgan fingerprint density at radius 1 is 1.37 bits per heavy atom. The Morgan fingerprint density at radius 3 is 2.63 bits per heavy atom. The molecule has 1 atom stereocenters. The molecule has 0 aromatic carbocycles. The summed E-state index contributed by atoms with van der Waals surface area (Å²) in [5, 5.41) is 0.